The third-order valence-corrected chi connectivity index (χ3v) is 1.28. The van der Waals surface area contributed by atoms with Crippen LogP contribution in [-0.2, 0) is 4.79 Å². The molecule has 0 radical (unpaired) electrons. The molecule has 0 unspecified atom stereocenters. The normalized spacial score (nSPS) is 9.08. The molecule has 1 rings (SSSR count). The van der Waals surface area contributed by atoms with E-state index in [0.717, 1.165) is 5.69 Å². The van der Waals surface area contributed by atoms with Crippen molar-refractivity contribution in [3.05, 3.63) is 11.8 Å². The number of hydrogen-bond donors (Lipinski definition) is 2. The van der Waals surface area contributed by atoms with Crippen LogP contribution in [0.3, 0.4) is 0 Å². The predicted molar refractivity (Wildman–Crippen MR) is 46.1 cm³/mol. The van der Waals surface area contributed by atoms with Gasteiger partial charge in [-0.15, -0.1) is 0 Å². The number of nitrogens with one attached hydrogen (secondary N) is 2. The van der Waals surface area contributed by atoms with E-state index in [9.17, 15) is 4.79 Å². The number of aryl methyl sites for hydroxylation is 1. The Labute approximate surface area is 75.3 Å². The van der Waals surface area contributed by atoms with Crippen LogP contribution in [0.1, 0.15) is 5.69 Å². The van der Waals surface area contributed by atoms with Gasteiger partial charge in [0.15, 0.2) is 0 Å². The molecule has 13 heavy (non-hydrogen) atoms. The summed E-state index contributed by atoms with van der Waals surface area (Å²) in [6.07, 6.45) is 0.498. The minimum Gasteiger partial charge on any atom is -0.481 e. The van der Waals surface area contributed by atoms with Gasteiger partial charge in [-0.3, -0.25) is 15.6 Å². The number of carbonyl (C=O) groups excluding carboxylic acids is 1. The zero-order valence-corrected chi connectivity index (χ0v) is 7.37. The SMILES string of the molecule is COc1cc(C)nc(NNC=O)n1. The van der Waals surface area contributed by atoms with Crippen molar-refractivity contribution in [3.8, 4) is 5.88 Å². The number of carbonyl (C=O) groups is 1. The summed E-state index contributed by atoms with van der Waals surface area (Å²) in [5.74, 6) is 0.742. The molecule has 1 heterocycles. The number of amides is 1. The summed E-state index contributed by atoms with van der Waals surface area (Å²) in [6.45, 7) is 1.80. The fourth-order valence-electron chi connectivity index (χ4n) is 0.794. The maximum Gasteiger partial charge on any atom is 0.245 e. The van der Waals surface area contributed by atoms with E-state index in [2.05, 4.69) is 20.8 Å². The molecule has 0 saturated heterocycles. The molecule has 70 valence electrons. The molecule has 0 aliphatic heterocycles. The maximum absolute atomic E-state index is 9.96. The van der Waals surface area contributed by atoms with E-state index in [1.807, 2.05) is 0 Å². The van der Waals surface area contributed by atoms with Gasteiger partial charge in [0.05, 0.1) is 7.11 Å². The lowest BCUT2D eigenvalue weighted by molar-refractivity contribution is -0.109. The highest BCUT2D eigenvalue weighted by Crippen LogP contribution is 2.09. The van der Waals surface area contributed by atoms with Crippen molar-refractivity contribution in [2.45, 2.75) is 6.92 Å². The molecule has 1 aromatic heterocycles. The van der Waals surface area contributed by atoms with Gasteiger partial charge in [0.2, 0.25) is 18.2 Å². The monoisotopic (exact) mass is 182 g/mol. The topological polar surface area (TPSA) is 76.1 Å². The van der Waals surface area contributed by atoms with Crippen LogP contribution in [0.25, 0.3) is 0 Å². The lowest BCUT2D eigenvalue weighted by atomic mass is 10.4. The van der Waals surface area contributed by atoms with E-state index < -0.39 is 0 Å². The Balaban J connectivity index is 2.81. The Morgan fingerprint density at radius 2 is 2.31 bits per heavy atom. The number of hydrogen-bond acceptors (Lipinski definition) is 5. The molecule has 0 atom stereocenters. The van der Waals surface area contributed by atoms with Gasteiger partial charge in [0.1, 0.15) is 0 Å². The second kappa shape index (κ2) is 4.24. The smallest absolute Gasteiger partial charge is 0.245 e. The zero-order valence-electron chi connectivity index (χ0n) is 7.37. The maximum atomic E-state index is 9.96. The quantitative estimate of drug-likeness (QED) is 0.501. The Morgan fingerprint density at radius 3 is 2.92 bits per heavy atom. The first-order valence-corrected chi connectivity index (χ1v) is 3.61. The molecule has 0 aromatic carbocycles. The highest BCUT2D eigenvalue weighted by atomic mass is 16.5. The van der Waals surface area contributed by atoms with Crippen molar-refractivity contribution in [3.63, 3.8) is 0 Å². The van der Waals surface area contributed by atoms with Gasteiger partial charge >= 0.3 is 0 Å². The molecule has 0 fully saturated rings. The molecule has 1 aromatic rings. The van der Waals surface area contributed by atoms with E-state index in [4.69, 9.17) is 4.74 Å². The minimum absolute atomic E-state index is 0.295. The van der Waals surface area contributed by atoms with Gasteiger partial charge in [-0.25, -0.2) is 4.98 Å². The van der Waals surface area contributed by atoms with Crippen molar-refractivity contribution in [2.24, 2.45) is 0 Å². The van der Waals surface area contributed by atoms with Crippen LogP contribution in [0.15, 0.2) is 6.07 Å². The first-order chi connectivity index (χ1) is 6.26. The number of nitrogens with zero attached hydrogens (tertiary/aromatic N) is 2. The molecule has 0 aliphatic carbocycles. The highest BCUT2D eigenvalue weighted by Gasteiger charge is 2.00. The minimum atomic E-state index is 0.295. The molecule has 6 heteroatoms. The molecule has 0 saturated carbocycles. The van der Waals surface area contributed by atoms with Crippen molar-refractivity contribution in [1.82, 2.24) is 15.4 Å². The molecule has 6 nitrogen and oxygen atoms in total. The summed E-state index contributed by atoms with van der Waals surface area (Å²) in [4.78, 5) is 17.9. The van der Waals surface area contributed by atoms with Crippen LogP contribution in [0.2, 0.25) is 0 Å². The van der Waals surface area contributed by atoms with Crippen molar-refractivity contribution < 1.29 is 9.53 Å². The van der Waals surface area contributed by atoms with Crippen LogP contribution in [0.4, 0.5) is 5.95 Å². The van der Waals surface area contributed by atoms with Crippen LogP contribution in [0, 0.1) is 6.92 Å². The molecular formula is C7H10N4O2. The van der Waals surface area contributed by atoms with Crippen LogP contribution in [0.5, 0.6) is 5.88 Å². The Bertz CT molecular complexity index is 303. The van der Waals surface area contributed by atoms with Gasteiger partial charge in [0.25, 0.3) is 0 Å². The summed E-state index contributed by atoms with van der Waals surface area (Å²) in [5, 5.41) is 0. The third-order valence-electron chi connectivity index (χ3n) is 1.28. The zero-order chi connectivity index (χ0) is 9.68. The second-order valence-electron chi connectivity index (χ2n) is 2.26. The van der Waals surface area contributed by atoms with E-state index in [0.29, 0.717) is 18.2 Å². The summed E-state index contributed by atoms with van der Waals surface area (Å²) in [6, 6.07) is 1.69. The molecule has 0 spiro atoms. The number of methoxy groups -OCH3 is 1. The lowest BCUT2D eigenvalue weighted by Gasteiger charge is -2.05. The lowest BCUT2D eigenvalue weighted by Crippen LogP contribution is -2.21. The van der Waals surface area contributed by atoms with Crippen molar-refractivity contribution in [1.29, 1.82) is 0 Å². The molecule has 2 N–H and O–H groups in total. The number of rotatable bonds is 4. The summed E-state index contributed by atoms with van der Waals surface area (Å²) >= 11 is 0. The molecule has 0 aliphatic rings. The Morgan fingerprint density at radius 1 is 1.54 bits per heavy atom. The average Bonchev–Trinajstić information content (AvgIpc) is 2.14. The van der Waals surface area contributed by atoms with Crippen LogP contribution >= 0.6 is 0 Å². The van der Waals surface area contributed by atoms with Crippen molar-refractivity contribution >= 4 is 12.4 Å². The van der Waals surface area contributed by atoms with E-state index in [1.165, 1.54) is 7.11 Å². The Kier molecular flexibility index (Phi) is 3.02. The van der Waals surface area contributed by atoms with Gasteiger partial charge in [-0.2, -0.15) is 4.98 Å². The first-order valence-electron chi connectivity index (χ1n) is 3.61. The third kappa shape index (κ3) is 2.58. The fourth-order valence-corrected chi connectivity index (χ4v) is 0.794. The highest BCUT2D eigenvalue weighted by molar-refractivity contribution is 5.49. The summed E-state index contributed by atoms with van der Waals surface area (Å²) in [5.41, 5.74) is 5.47. The van der Waals surface area contributed by atoms with Crippen molar-refractivity contribution in [2.75, 3.05) is 12.5 Å². The van der Waals surface area contributed by atoms with Crippen LogP contribution in [-0.4, -0.2) is 23.5 Å². The number of aromatic nitrogens is 2. The Hall–Kier alpha value is -1.85. The number of anilines is 1. The second-order valence-corrected chi connectivity index (χ2v) is 2.26. The van der Waals surface area contributed by atoms with Gasteiger partial charge in [-0.05, 0) is 6.92 Å². The summed E-state index contributed by atoms with van der Waals surface area (Å²) in [7, 11) is 1.51. The fraction of sp³-hybridized carbons (Fsp3) is 0.286. The average molecular weight is 182 g/mol. The van der Waals surface area contributed by atoms with Crippen LogP contribution < -0.4 is 15.6 Å². The molecule has 0 bridgehead atoms. The predicted octanol–water partition coefficient (Wildman–Crippen LogP) is -0.133. The standard InChI is InChI=1S/C7H10N4O2/c1-5-3-6(13-2)10-7(9-5)11-8-4-12/h3-4H,1-2H3,(H,8,12)(H,9,10,11). The van der Waals surface area contributed by atoms with Gasteiger partial charge < -0.3 is 4.74 Å². The largest absolute Gasteiger partial charge is 0.481 e. The van der Waals surface area contributed by atoms with E-state index >= 15 is 0 Å². The van der Waals surface area contributed by atoms with Gasteiger partial charge in [0, 0.05) is 11.8 Å². The number of hydrazine groups is 1. The molecular weight excluding hydrogens is 172 g/mol. The molecule has 1 amide bonds. The first kappa shape index (κ1) is 9.24. The summed E-state index contributed by atoms with van der Waals surface area (Å²) < 4.78 is 4.91. The van der Waals surface area contributed by atoms with E-state index in [-0.39, 0.29) is 0 Å². The van der Waals surface area contributed by atoms with Gasteiger partial charge in [-0.1, -0.05) is 0 Å². The number of ether oxygens (including phenoxy) is 1. The van der Waals surface area contributed by atoms with E-state index in [1.54, 1.807) is 13.0 Å².